The van der Waals surface area contributed by atoms with Crippen LogP contribution in [0.5, 0.6) is 0 Å². The van der Waals surface area contributed by atoms with E-state index in [0.29, 0.717) is 13.0 Å². The highest BCUT2D eigenvalue weighted by Gasteiger charge is 2.26. The van der Waals surface area contributed by atoms with Crippen molar-refractivity contribution < 1.29 is 4.79 Å². The van der Waals surface area contributed by atoms with Crippen molar-refractivity contribution >= 4 is 11.6 Å². The number of hydrogen-bond acceptors (Lipinski definition) is 2. The first-order chi connectivity index (χ1) is 9.75. The number of benzene rings is 2. The number of para-hydroxylation sites is 1. The highest BCUT2D eigenvalue weighted by Crippen LogP contribution is 2.32. The molecule has 0 spiro atoms. The van der Waals surface area contributed by atoms with Gasteiger partial charge in [-0.15, -0.1) is 0 Å². The summed E-state index contributed by atoms with van der Waals surface area (Å²) in [6, 6.07) is 17.8. The lowest BCUT2D eigenvalue weighted by atomic mass is 9.96. The van der Waals surface area contributed by atoms with Crippen LogP contribution in [0.1, 0.15) is 23.6 Å². The SMILES string of the molecule is NC1CCN(C(=O)Cc2ccccc2)c2ccccc21. The summed E-state index contributed by atoms with van der Waals surface area (Å²) in [5.41, 5.74) is 9.20. The Balaban J connectivity index is 1.84. The minimum absolute atomic E-state index is 0.0342. The van der Waals surface area contributed by atoms with Crippen molar-refractivity contribution in [1.29, 1.82) is 0 Å². The molecule has 1 amide bonds. The lowest BCUT2D eigenvalue weighted by molar-refractivity contribution is -0.118. The quantitative estimate of drug-likeness (QED) is 0.908. The second-order valence-corrected chi connectivity index (χ2v) is 5.16. The molecular weight excluding hydrogens is 248 g/mol. The van der Waals surface area contributed by atoms with E-state index < -0.39 is 0 Å². The summed E-state index contributed by atoms with van der Waals surface area (Å²) in [6.45, 7) is 0.698. The van der Waals surface area contributed by atoms with Crippen molar-refractivity contribution in [1.82, 2.24) is 0 Å². The molecule has 1 heterocycles. The summed E-state index contributed by atoms with van der Waals surface area (Å²) in [4.78, 5) is 14.4. The van der Waals surface area contributed by atoms with Gasteiger partial charge in [-0.1, -0.05) is 48.5 Å². The molecule has 1 unspecified atom stereocenters. The van der Waals surface area contributed by atoms with E-state index in [9.17, 15) is 4.79 Å². The van der Waals surface area contributed by atoms with E-state index in [0.717, 1.165) is 23.2 Å². The third-order valence-electron chi connectivity index (χ3n) is 3.79. The Morgan fingerprint density at radius 2 is 1.80 bits per heavy atom. The fraction of sp³-hybridized carbons (Fsp3) is 0.235. The Hall–Kier alpha value is -2.13. The first-order valence-corrected chi connectivity index (χ1v) is 6.94. The maximum atomic E-state index is 12.5. The molecule has 0 aromatic heterocycles. The number of fused-ring (bicyclic) bond motifs is 1. The van der Waals surface area contributed by atoms with E-state index in [1.54, 1.807) is 0 Å². The molecule has 0 aliphatic carbocycles. The highest BCUT2D eigenvalue weighted by atomic mass is 16.2. The largest absolute Gasteiger partial charge is 0.324 e. The first kappa shape index (κ1) is 12.9. The van der Waals surface area contributed by atoms with Crippen molar-refractivity contribution in [3.8, 4) is 0 Å². The van der Waals surface area contributed by atoms with Crippen molar-refractivity contribution in [2.75, 3.05) is 11.4 Å². The molecule has 1 atom stereocenters. The van der Waals surface area contributed by atoms with Gasteiger partial charge in [-0.3, -0.25) is 4.79 Å². The van der Waals surface area contributed by atoms with Gasteiger partial charge >= 0.3 is 0 Å². The van der Waals surface area contributed by atoms with Crippen LogP contribution in [0.2, 0.25) is 0 Å². The normalized spacial score (nSPS) is 17.6. The molecule has 2 aromatic carbocycles. The summed E-state index contributed by atoms with van der Waals surface area (Å²) in [6.07, 6.45) is 1.25. The molecule has 0 saturated heterocycles. The molecule has 0 bridgehead atoms. The smallest absolute Gasteiger partial charge is 0.231 e. The Morgan fingerprint density at radius 3 is 2.60 bits per heavy atom. The van der Waals surface area contributed by atoms with E-state index in [4.69, 9.17) is 5.73 Å². The summed E-state index contributed by atoms with van der Waals surface area (Å²) in [5.74, 6) is 0.135. The minimum atomic E-state index is 0.0342. The fourth-order valence-electron chi connectivity index (χ4n) is 2.72. The molecule has 0 saturated carbocycles. The van der Waals surface area contributed by atoms with Gasteiger partial charge in [-0.2, -0.15) is 0 Å². The topological polar surface area (TPSA) is 46.3 Å². The number of carbonyl (C=O) groups excluding carboxylic acids is 1. The van der Waals surface area contributed by atoms with Crippen molar-refractivity contribution in [3.63, 3.8) is 0 Å². The molecule has 1 aliphatic heterocycles. The zero-order chi connectivity index (χ0) is 13.9. The molecule has 2 aromatic rings. The van der Waals surface area contributed by atoms with Gasteiger partial charge in [-0.25, -0.2) is 0 Å². The number of hydrogen-bond donors (Lipinski definition) is 1. The lowest BCUT2D eigenvalue weighted by Crippen LogP contribution is -2.39. The predicted octanol–water partition coefficient (Wildman–Crippen LogP) is 2.67. The van der Waals surface area contributed by atoms with Crippen molar-refractivity contribution in [2.45, 2.75) is 18.9 Å². The number of amides is 1. The molecular formula is C17H18N2O. The van der Waals surface area contributed by atoms with Gasteiger partial charge in [0.05, 0.1) is 6.42 Å². The van der Waals surface area contributed by atoms with Crippen LogP contribution in [0, 0.1) is 0 Å². The monoisotopic (exact) mass is 266 g/mol. The summed E-state index contributed by atoms with van der Waals surface area (Å²) in [7, 11) is 0. The standard InChI is InChI=1S/C17H18N2O/c18-15-10-11-19(16-9-5-4-8-14(15)16)17(20)12-13-6-2-1-3-7-13/h1-9,15H,10-12,18H2. The number of rotatable bonds is 2. The van der Waals surface area contributed by atoms with Gasteiger partial charge in [-0.05, 0) is 23.6 Å². The van der Waals surface area contributed by atoms with Gasteiger partial charge < -0.3 is 10.6 Å². The van der Waals surface area contributed by atoms with Crippen molar-refractivity contribution in [2.24, 2.45) is 5.73 Å². The molecule has 3 heteroatoms. The predicted molar refractivity (Wildman–Crippen MR) is 80.5 cm³/mol. The maximum Gasteiger partial charge on any atom is 0.231 e. The zero-order valence-electron chi connectivity index (χ0n) is 11.3. The molecule has 0 radical (unpaired) electrons. The Bertz CT molecular complexity index is 609. The lowest BCUT2D eigenvalue weighted by Gasteiger charge is -2.32. The maximum absolute atomic E-state index is 12.5. The van der Waals surface area contributed by atoms with Crippen LogP contribution in [0.4, 0.5) is 5.69 Å². The van der Waals surface area contributed by atoms with Gasteiger partial charge in [0.15, 0.2) is 0 Å². The molecule has 3 nitrogen and oxygen atoms in total. The van der Waals surface area contributed by atoms with Gasteiger partial charge in [0, 0.05) is 18.3 Å². The number of anilines is 1. The molecule has 3 rings (SSSR count). The first-order valence-electron chi connectivity index (χ1n) is 6.94. The third-order valence-corrected chi connectivity index (χ3v) is 3.79. The average molecular weight is 266 g/mol. The highest BCUT2D eigenvalue weighted by molar-refractivity contribution is 5.96. The van der Waals surface area contributed by atoms with E-state index >= 15 is 0 Å². The summed E-state index contributed by atoms with van der Waals surface area (Å²) >= 11 is 0. The second kappa shape index (κ2) is 5.47. The molecule has 1 aliphatic rings. The zero-order valence-corrected chi connectivity index (χ0v) is 11.3. The molecule has 0 fully saturated rings. The van der Waals surface area contributed by atoms with Gasteiger partial charge in [0.2, 0.25) is 5.91 Å². The van der Waals surface area contributed by atoms with Crippen LogP contribution in [-0.4, -0.2) is 12.5 Å². The van der Waals surface area contributed by atoms with Crippen LogP contribution >= 0.6 is 0 Å². The average Bonchev–Trinajstić information content (AvgIpc) is 2.49. The van der Waals surface area contributed by atoms with Crippen LogP contribution < -0.4 is 10.6 Å². The Morgan fingerprint density at radius 1 is 1.10 bits per heavy atom. The summed E-state index contributed by atoms with van der Waals surface area (Å²) in [5, 5.41) is 0. The van der Waals surface area contributed by atoms with Crippen LogP contribution in [-0.2, 0) is 11.2 Å². The van der Waals surface area contributed by atoms with E-state index in [2.05, 4.69) is 0 Å². The minimum Gasteiger partial charge on any atom is -0.324 e. The van der Waals surface area contributed by atoms with Crippen molar-refractivity contribution in [3.05, 3.63) is 65.7 Å². The van der Waals surface area contributed by atoms with E-state index in [-0.39, 0.29) is 11.9 Å². The van der Waals surface area contributed by atoms with Gasteiger partial charge in [0.25, 0.3) is 0 Å². The Labute approximate surface area is 119 Å². The fourth-order valence-corrected chi connectivity index (χ4v) is 2.72. The second-order valence-electron chi connectivity index (χ2n) is 5.16. The molecule has 102 valence electrons. The Kier molecular flexibility index (Phi) is 3.52. The molecule has 20 heavy (non-hydrogen) atoms. The van der Waals surface area contributed by atoms with Crippen LogP contribution in [0.25, 0.3) is 0 Å². The van der Waals surface area contributed by atoms with E-state index in [1.165, 1.54) is 0 Å². The summed E-state index contributed by atoms with van der Waals surface area (Å²) < 4.78 is 0. The molecule has 2 N–H and O–H groups in total. The van der Waals surface area contributed by atoms with Gasteiger partial charge in [0.1, 0.15) is 0 Å². The van der Waals surface area contributed by atoms with E-state index in [1.807, 2.05) is 59.5 Å². The number of nitrogens with two attached hydrogens (primary N) is 1. The number of nitrogens with zero attached hydrogens (tertiary/aromatic N) is 1. The third kappa shape index (κ3) is 2.45. The van der Waals surface area contributed by atoms with Crippen LogP contribution in [0.15, 0.2) is 54.6 Å². The number of carbonyl (C=O) groups is 1. The van der Waals surface area contributed by atoms with Crippen LogP contribution in [0.3, 0.4) is 0 Å².